The lowest BCUT2D eigenvalue weighted by molar-refractivity contribution is -0.174. The van der Waals surface area contributed by atoms with Crippen LogP contribution in [0, 0.1) is 0 Å². The molecular weight excluding hydrogens is 533 g/mol. The fourth-order valence-corrected chi connectivity index (χ4v) is 4.81. The zero-order chi connectivity index (χ0) is 29.5. The first-order chi connectivity index (χ1) is 18.6. The number of nitrogens with one attached hydrogen (secondary N) is 2. The molecule has 226 valence electrons. The van der Waals surface area contributed by atoms with Gasteiger partial charge in [0.25, 0.3) is 0 Å². The number of rotatable bonds is 22. The average Bonchev–Trinajstić information content (AvgIpc) is 2.90. The first-order valence-electron chi connectivity index (χ1n) is 13.9. The lowest BCUT2D eigenvalue weighted by Crippen LogP contribution is -2.52. The highest BCUT2D eigenvalue weighted by Crippen LogP contribution is 2.22. The zero-order valence-corrected chi connectivity index (χ0v) is 24.4. The van der Waals surface area contributed by atoms with Gasteiger partial charge in [0.1, 0.15) is 12.6 Å². The van der Waals surface area contributed by atoms with Gasteiger partial charge in [0.15, 0.2) is 0 Å². The molecule has 0 aliphatic carbocycles. The fourth-order valence-electron chi connectivity index (χ4n) is 3.60. The molecule has 2 unspecified atom stereocenters. The molecule has 0 rings (SSSR count). The number of methoxy groups -OCH3 is 1. The Balaban J connectivity index is 5.05. The van der Waals surface area contributed by atoms with Crippen LogP contribution in [0.3, 0.4) is 0 Å². The van der Waals surface area contributed by atoms with Gasteiger partial charge in [-0.2, -0.15) is 13.2 Å². The van der Waals surface area contributed by atoms with E-state index >= 15 is 0 Å². The van der Waals surface area contributed by atoms with Crippen LogP contribution in [0.4, 0.5) is 13.2 Å². The number of thioether (sulfide) groups is 1. The third-order valence-corrected chi connectivity index (χ3v) is 7.36. The number of amides is 2. The second-order valence-electron chi connectivity index (χ2n) is 9.40. The van der Waals surface area contributed by atoms with Gasteiger partial charge < -0.3 is 20.5 Å². The van der Waals surface area contributed by atoms with E-state index in [4.69, 9.17) is 0 Å². The molecule has 7 nitrogen and oxygen atoms in total. The summed E-state index contributed by atoms with van der Waals surface area (Å²) < 4.78 is 42.9. The number of hydrogen-bond donors (Lipinski definition) is 3. The Morgan fingerprint density at radius 2 is 1.56 bits per heavy atom. The van der Waals surface area contributed by atoms with E-state index in [1.165, 1.54) is 44.9 Å². The molecule has 0 aliphatic rings. The number of ether oxygens (including phenoxy) is 1. The maximum Gasteiger partial charge on any atom is 0.471 e. The summed E-state index contributed by atoms with van der Waals surface area (Å²) in [5.74, 6) is -4.24. The molecule has 0 fully saturated rings. The Bertz CT molecular complexity index is 747. The molecule has 0 aliphatic heterocycles. The molecule has 0 aromatic rings. The number of hydrogen-bond acceptors (Lipinski definition) is 6. The van der Waals surface area contributed by atoms with E-state index < -0.39 is 47.9 Å². The van der Waals surface area contributed by atoms with Crippen LogP contribution >= 0.6 is 11.8 Å². The van der Waals surface area contributed by atoms with Crippen LogP contribution in [0.15, 0.2) is 24.3 Å². The summed E-state index contributed by atoms with van der Waals surface area (Å²) in [6.07, 6.45) is 14.4. The van der Waals surface area contributed by atoms with Crippen LogP contribution in [-0.2, 0) is 19.1 Å². The lowest BCUT2D eigenvalue weighted by atomic mass is 10.1. The van der Waals surface area contributed by atoms with Gasteiger partial charge in [-0.3, -0.25) is 14.4 Å². The van der Waals surface area contributed by atoms with Crippen LogP contribution in [0.25, 0.3) is 0 Å². The molecule has 0 radical (unpaired) electrons. The standard InChI is InChI=1S/C28H47F3N2O5S/c1-4-6-8-9-10-11-12-13-14-15-16-17-19-24(23(34)18-7-5-2)39-21-22(33-27(37)28(29,30)31)26(36)32-20-25(35)38-3/h15-17,19,22-24,34H,4-14,18,20-21H2,1-3H3,(H,32,36)(H,33,37)/t22-,23?,24?/m0/s1. The summed E-state index contributed by atoms with van der Waals surface area (Å²) in [7, 11) is 1.10. The average molecular weight is 581 g/mol. The smallest absolute Gasteiger partial charge is 0.468 e. The third kappa shape index (κ3) is 19.7. The molecular formula is C28H47F3N2O5S. The van der Waals surface area contributed by atoms with Gasteiger partial charge in [-0.1, -0.05) is 95.9 Å². The number of unbranched alkanes of at least 4 members (excludes halogenated alkanes) is 9. The second-order valence-corrected chi connectivity index (χ2v) is 10.6. The third-order valence-electron chi connectivity index (χ3n) is 5.97. The summed E-state index contributed by atoms with van der Waals surface area (Å²) in [4.78, 5) is 35.3. The number of halogens is 3. The van der Waals surface area contributed by atoms with E-state index in [0.29, 0.717) is 6.42 Å². The molecule has 0 saturated heterocycles. The highest BCUT2D eigenvalue weighted by Gasteiger charge is 2.41. The van der Waals surface area contributed by atoms with Crippen molar-refractivity contribution in [1.82, 2.24) is 10.6 Å². The monoisotopic (exact) mass is 580 g/mol. The lowest BCUT2D eigenvalue weighted by Gasteiger charge is -2.23. The summed E-state index contributed by atoms with van der Waals surface area (Å²) >= 11 is 1.06. The van der Waals surface area contributed by atoms with Crippen molar-refractivity contribution < 1.29 is 37.4 Å². The first kappa shape index (κ1) is 37.0. The summed E-state index contributed by atoms with van der Waals surface area (Å²) in [5, 5.41) is 14.0. The summed E-state index contributed by atoms with van der Waals surface area (Å²) in [6, 6.07) is -1.57. The Hall–Kier alpha value is -2.01. The number of alkyl halides is 3. The fraction of sp³-hybridized carbons (Fsp3) is 0.750. The van der Waals surface area contributed by atoms with E-state index in [1.807, 2.05) is 19.1 Å². The Labute approximate surface area is 235 Å². The van der Waals surface area contributed by atoms with E-state index in [9.17, 15) is 32.7 Å². The van der Waals surface area contributed by atoms with E-state index in [0.717, 1.165) is 44.6 Å². The number of esters is 1. The maximum absolute atomic E-state index is 12.8. The van der Waals surface area contributed by atoms with Crippen molar-refractivity contribution in [2.75, 3.05) is 19.4 Å². The molecule has 0 bridgehead atoms. The molecule has 39 heavy (non-hydrogen) atoms. The highest BCUT2D eigenvalue weighted by atomic mass is 32.2. The number of allylic oxidation sites excluding steroid dienone is 3. The van der Waals surface area contributed by atoms with Crippen LogP contribution in [0.1, 0.15) is 90.9 Å². The zero-order valence-electron chi connectivity index (χ0n) is 23.6. The van der Waals surface area contributed by atoms with Gasteiger partial charge in [0.2, 0.25) is 5.91 Å². The van der Waals surface area contributed by atoms with Gasteiger partial charge in [0, 0.05) is 11.0 Å². The normalized spacial score (nSPS) is 14.3. The van der Waals surface area contributed by atoms with Crippen LogP contribution in [-0.4, -0.2) is 65.9 Å². The van der Waals surface area contributed by atoms with Crippen LogP contribution < -0.4 is 10.6 Å². The van der Waals surface area contributed by atoms with E-state index in [2.05, 4.69) is 17.0 Å². The predicted molar refractivity (Wildman–Crippen MR) is 150 cm³/mol. The minimum absolute atomic E-state index is 0.241. The summed E-state index contributed by atoms with van der Waals surface area (Å²) in [5.41, 5.74) is 0. The van der Waals surface area contributed by atoms with Crippen molar-refractivity contribution in [2.45, 2.75) is 114 Å². The number of carbonyl (C=O) groups is 3. The van der Waals surface area contributed by atoms with E-state index in [-0.39, 0.29) is 5.75 Å². The highest BCUT2D eigenvalue weighted by molar-refractivity contribution is 8.00. The SMILES string of the molecule is CCCCCCCCCCC=CC=CC(SC[C@H](NC(=O)C(F)(F)F)C(=O)NCC(=O)OC)C(O)CCCC. The number of aliphatic hydroxyl groups excluding tert-OH is 1. The molecule has 0 aromatic carbocycles. The van der Waals surface area contributed by atoms with Crippen molar-refractivity contribution in [2.24, 2.45) is 0 Å². The molecule has 2 amide bonds. The van der Waals surface area contributed by atoms with Crippen molar-refractivity contribution in [3.8, 4) is 0 Å². The quantitative estimate of drug-likeness (QED) is 0.0873. The molecule has 0 aromatic heterocycles. The Morgan fingerprint density at radius 1 is 0.949 bits per heavy atom. The minimum atomic E-state index is -5.18. The molecule has 3 N–H and O–H groups in total. The van der Waals surface area contributed by atoms with Crippen LogP contribution in [0.5, 0.6) is 0 Å². The topological polar surface area (TPSA) is 105 Å². The van der Waals surface area contributed by atoms with Crippen molar-refractivity contribution in [3.63, 3.8) is 0 Å². The number of carbonyl (C=O) groups excluding carboxylic acids is 3. The van der Waals surface area contributed by atoms with Crippen molar-refractivity contribution in [1.29, 1.82) is 0 Å². The van der Waals surface area contributed by atoms with Gasteiger partial charge in [0.05, 0.1) is 13.2 Å². The van der Waals surface area contributed by atoms with Crippen molar-refractivity contribution in [3.05, 3.63) is 24.3 Å². The largest absolute Gasteiger partial charge is 0.471 e. The Morgan fingerprint density at radius 3 is 2.15 bits per heavy atom. The van der Waals surface area contributed by atoms with E-state index in [1.54, 1.807) is 17.5 Å². The van der Waals surface area contributed by atoms with Crippen LogP contribution in [0.2, 0.25) is 0 Å². The summed E-state index contributed by atoms with van der Waals surface area (Å²) in [6.45, 7) is 3.63. The van der Waals surface area contributed by atoms with Gasteiger partial charge in [-0.25, -0.2) is 0 Å². The molecule has 0 saturated carbocycles. The molecule has 11 heteroatoms. The molecule has 0 spiro atoms. The minimum Gasteiger partial charge on any atom is -0.468 e. The molecule has 3 atom stereocenters. The van der Waals surface area contributed by atoms with Gasteiger partial charge >= 0.3 is 18.1 Å². The van der Waals surface area contributed by atoms with Crippen molar-refractivity contribution >= 4 is 29.5 Å². The van der Waals surface area contributed by atoms with Gasteiger partial charge in [-0.05, 0) is 19.3 Å². The molecule has 0 heterocycles. The first-order valence-corrected chi connectivity index (χ1v) is 15.0. The van der Waals surface area contributed by atoms with Gasteiger partial charge in [-0.15, -0.1) is 11.8 Å². The maximum atomic E-state index is 12.8. The Kier molecular flexibility index (Phi) is 21.6. The number of aliphatic hydroxyl groups is 1. The predicted octanol–water partition coefficient (Wildman–Crippen LogP) is 5.62. The second kappa shape index (κ2) is 22.8.